The number of ether oxygens (including phenoxy) is 1. The minimum Gasteiger partial charge on any atom is -0.462 e. The first kappa shape index (κ1) is 15.7. The predicted octanol–water partition coefficient (Wildman–Crippen LogP) is 3.61. The molecule has 0 amide bonds. The van der Waals surface area contributed by atoms with Gasteiger partial charge in [0.25, 0.3) is 0 Å². The second kappa shape index (κ2) is 7.89. The molecule has 0 heterocycles. The van der Waals surface area contributed by atoms with Crippen LogP contribution in [0.25, 0.3) is 0 Å². The van der Waals surface area contributed by atoms with E-state index in [4.69, 9.17) is 10.00 Å². The summed E-state index contributed by atoms with van der Waals surface area (Å²) in [4.78, 5) is 11.1. The zero-order chi connectivity index (χ0) is 13.3. The summed E-state index contributed by atoms with van der Waals surface area (Å²) in [5, 5.41) is 8.40. The summed E-state index contributed by atoms with van der Waals surface area (Å²) in [6.07, 6.45) is 5.51. The van der Waals surface area contributed by atoms with E-state index in [0.29, 0.717) is 12.0 Å². The lowest BCUT2D eigenvalue weighted by Crippen LogP contribution is -2.07. The van der Waals surface area contributed by atoms with E-state index >= 15 is 0 Å². The SMILES string of the molecule is C=C(C#N)C(=O)OCCCCCCC(C)(C)C. The quantitative estimate of drug-likeness (QED) is 0.294. The van der Waals surface area contributed by atoms with Crippen LogP contribution >= 0.6 is 0 Å². The zero-order valence-corrected chi connectivity index (χ0v) is 11.2. The summed E-state index contributed by atoms with van der Waals surface area (Å²) in [5.41, 5.74) is 0.273. The third kappa shape index (κ3) is 9.62. The fourth-order valence-electron chi connectivity index (χ4n) is 1.41. The highest BCUT2D eigenvalue weighted by Crippen LogP contribution is 2.22. The molecular weight excluding hydrogens is 214 g/mol. The Bertz CT molecular complexity index is 294. The van der Waals surface area contributed by atoms with Crippen molar-refractivity contribution in [2.75, 3.05) is 6.61 Å². The molecule has 0 aliphatic rings. The van der Waals surface area contributed by atoms with Gasteiger partial charge in [-0.25, -0.2) is 4.79 Å². The number of carbonyl (C=O) groups is 1. The fourth-order valence-corrected chi connectivity index (χ4v) is 1.41. The van der Waals surface area contributed by atoms with Gasteiger partial charge in [0.05, 0.1) is 6.61 Å². The lowest BCUT2D eigenvalue weighted by atomic mass is 9.89. The molecule has 0 bridgehead atoms. The van der Waals surface area contributed by atoms with Gasteiger partial charge in [0.15, 0.2) is 0 Å². The number of hydrogen-bond acceptors (Lipinski definition) is 3. The molecule has 0 rings (SSSR count). The van der Waals surface area contributed by atoms with Crippen LogP contribution in [0.4, 0.5) is 0 Å². The van der Waals surface area contributed by atoms with Crippen LogP contribution in [0.3, 0.4) is 0 Å². The molecule has 17 heavy (non-hydrogen) atoms. The van der Waals surface area contributed by atoms with E-state index in [1.165, 1.54) is 12.8 Å². The van der Waals surface area contributed by atoms with Crippen molar-refractivity contribution in [2.45, 2.75) is 52.9 Å². The molecule has 0 aliphatic heterocycles. The van der Waals surface area contributed by atoms with Crippen molar-refractivity contribution in [3.8, 4) is 6.07 Å². The highest BCUT2D eigenvalue weighted by molar-refractivity contribution is 5.91. The van der Waals surface area contributed by atoms with Crippen molar-refractivity contribution in [1.29, 1.82) is 5.26 Å². The van der Waals surface area contributed by atoms with E-state index in [0.717, 1.165) is 19.3 Å². The first-order valence-electron chi connectivity index (χ1n) is 6.13. The minimum atomic E-state index is -0.595. The van der Waals surface area contributed by atoms with Gasteiger partial charge in [-0.1, -0.05) is 46.6 Å². The lowest BCUT2D eigenvalue weighted by Gasteiger charge is -2.17. The molecule has 0 saturated carbocycles. The van der Waals surface area contributed by atoms with Crippen LogP contribution in [0.5, 0.6) is 0 Å². The lowest BCUT2D eigenvalue weighted by molar-refractivity contribution is -0.138. The molecule has 0 spiro atoms. The van der Waals surface area contributed by atoms with Crippen LogP contribution in [0.2, 0.25) is 0 Å². The summed E-state index contributed by atoms with van der Waals surface area (Å²) < 4.78 is 4.88. The van der Waals surface area contributed by atoms with Crippen molar-refractivity contribution in [1.82, 2.24) is 0 Å². The Kier molecular flexibility index (Phi) is 7.29. The number of hydrogen-bond donors (Lipinski definition) is 0. The molecule has 0 radical (unpaired) electrons. The molecule has 3 nitrogen and oxygen atoms in total. The van der Waals surface area contributed by atoms with Crippen LogP contribution in [-0.2, 0) is 9.53 Å². The zero-order valence-electron chi connectivity index (χ0n) is 11.2. The monoisotopic (exact) mass is 237 g/mol. The molecule has 96 valence electrons. The molecule has 0 aromatic rings. The number of nitrogens with zero attached hydrogens (tertiary/aromatic N) is 1. The maximum absolute atomic E-state index is 11.1. The van der Waals surface area contributed by atoms with Gasteiger partial charge in [0.2, 0.25) is 0 Å². The van der Waals surface area contributed by atoms with Crippen LogP contribution in [0.1, 0.15) is 52.9 Å². The average Bonchev–Trinajstić information content (AvgIpc) is 2.24. The molecular formula is C14H23NO2. The molecule has 0 aromatic heterocycles. The van der Waals surface area contributed by atoms with Gasteiger partial charge in [0.1, 0.15) is 11.6 Å². The highest BCUT2D eigenvalue weighted by atomic mass is 16.5. The summed E-state index contributed by atoms with van der Waals surface area (Å²) in [7, 11) is 0. The van der Waals surface area contributed by atoms with E-state index in [1.54, 1.807) is 6.07 Å². The summed E-state index contributed by atoms with van der Waals surface area (Å²) in [6.45, 7) is 10.4. The van der Waals surface area contributed by atoms with Gasteiger partial charge in [-0.2, -0.15) is 5.26 Å². The maximum atomic E-state index is 11.1. The summed E-state index contributed by atoms with van der Waals surface area (Å²) in [5.74, 6) is -0.595. The van der Waals surface area contributed by atoms with Crippen LogP contribution in [0.15, 0.2) is 12.2 Å². The molecule has 0 unspecified atom stereocenters. The van der Waals surface area contributed by atoms with E-state index in [2.05, 4.69) is 27.4 Å². The molecule has 3 heteroatoms. The standard InChI is InChI=1S/C14H23NO2/c1-12(11-15)13(16)17-10-8-6-5-7-9-14(2,3)4/h1,5-10H2,2-4H3. The van der Waals surface area contributed by atoms with Crippen LogP contribution in [-0.4, -0.2) is 12.6 Å². The second-order valence-corrected chi connectivity index (χ2v) is 5.45. The van der Waals surface area contributed by atoms with Crippen molar-refractivity contribution in [3.05, 3.63) is 12.2 Å². The van der Waals surface area contributed by atoms with Gasteiger partial charge in [-0.15, -0.1) is 0 Å². The normalized spacial score (nSPS) is 10.7. The maximum Gasteiger partial charge on any atom is 0.348 e. The van der Waals surface area contributed by atoms with Gasteiger partial charge < -0.3 is 4.74 Å². The fraction of sp³-hybridized carbons (Fsp3) is 0.714. The molecule has 0 N–H and O–H groups in total. The Hall–Kier alpha value is -1.30. The Morgan fingerprint density at radius 2 is 1.82 bits per heavy atom. The smallest absolute Gasteiger partial charge is 0.348 e. The number of unbranched alkanes of at least 4 members (excludes halogenated alkanes) is 3. The number of rotatable bonds is 7. The third-order valence-corrected chi connectivity index (χ3v) is 2.44. The van der Waals surface area contributed by atoms with Crippen molar-refractivity contribution in [3.63, 3.8) is 0 Å². The van der Waals surface area contributed by atoms with Crippen molar-refractivity contribution < 1.29 is 9.53 Å². The van der Waals surface area contributed by atoms with E-state index < -0.39 is 5.97 Å². The minimum absolute atomic E-state index is 0.127. The van der Waals surface area contributed by atoms with Gasteiger partial charge in [0, 0.05) is 0 Å². The van der Waals surface area contributed by atoms with Gasteiger partial charge >= 0.3 is 5.97 Å². The predicted molar refractivity (Wildman–Crippen MR) is 68.3 cm³/mol. The first-order chi connectivity index (χ1) is 7.87. The van der Waals surface area contributed by atoms with Crippen molar-refractivity contribution >= 4 is 5.97 Å². The van der Waals surface area contributed by atoms with Gasteiger partial charge in [-0.3, -0.25) is 0 Å². The second-order valence-electron chi connectivity index (χ2n) is 5.45. The van der Waals surface area contributed by atoms with Gasteiger partial charge in [-0.05, 0) is 18.3 Å². The Morgan fingerprint density at radius 1 is 1.24 bits per heavy atom. The largest absolute Gasteiger partial charge is 0.462 e. The Morgan fingerprint density at radius 3 is 2.35 bits per heavy atom. The average molecular weight is 237 g/mol. The Labute approximate surface area is 104 Å². The molecule has 0 fully saturated rings. The molecule has 0 aromatic carbocycles. The van der Waals surface area contributed by atoms with Crippen molar-refractivity contribution in [2.24, 2.45) is 5.41 Å². The highest BCUT2D eigenvalue weighted by Gasteiger charge is 2.09. The first-order valence-corrected chi connectivity index (χ1v) is 6.13. The molecule has 0 saturated heterocycles. The number of carbonyl (C=O) groups excluding carboxylic acids is 1. The van der Waals surface area contributed by atoms with E-state index in [1.807, 2.05) is 0 Å². The number of esters is 1. The topological polar surface area (TPSA) is 50.1 Å². The molecule has 0 aliphatic carbocycles. The van der Waals surface area contributed by atoms with E-state index in [9.17, 15) is 4.79 Å². The van der Waals surface area contributed by atoms with E-state index in [-0.39, 0.29) is 5.57 Å². The third-order valence-electron chi connectivity index (χ3n) is 2.44. The summed E-state index contributed by atoms with van der Waals surface area (Å²) in [6, 6.07) is 1.67. The van der Waals surface area contributed by atoms with Crippen LogP contribution in [0, 0.1) is 16.7 Å². The Balaban J connectivity index is 3.40. The molecule has 0 atom stereocenters. The van der Waals surface area contributed by atoms with Crippen LogP contribution < -0.4 is 0 Å². The summed E-state index contributed by atoms with van der Waals surface area (Å²) >= 11 is 0. The number of nitriles is 1.